The van der Waals surface area contributed by atoms with Gasteiger partial charge in [-0.2, -0.15) is 0 Å². The van der Waals surface area contributed by atoms with Gasteiger partial charge in [-0.05, 0) is 41.8 Å². The number of methoxy groups -OCH3 is 1. The number of aryl methyl sites for hydroxylation is 1. The molecule has 0 saturated heterocycles. The number of anilines is 1. The molecule has 142 valence electrons. The van der Waals surface area contributed by atoms with Gasteiger partial charge in [0.05, 0.1) is 19.1 Å². The molecule has 3 atom stereocenters. The molecule has 0 fully saturated rings. The second-order valence-electron chi connectivity index (χ2n) is 7.20. The third-order valence-corrected chi connectivity index (χ3v) is 5.68. The second kappa shape index (κ2) is 7.69. The number of halogens is 1. The Morgan fingerprint density at radius 1 is 0.964 bits per heavy atom. The van der Waals surface area contributed by atoms with Gasteiger partial charge in [0, 0.05) is 16.6 Å². The molecule has 1 aliphatic rings. The van der Waals surface area contributed by atoms with Crippen LogP contribution in [0.4, 0.5) is 5.69 Å². The van der Waals surface area contributed by atoms with E-state index in [1.807, 2.05) is 54.6 Å². The number of fused-ring (bicyclic) bond motifs is 1. The SMILES string of the molecule is COC(=O)[C@H]1[C@H](c2ccc(Cl)cc2)c2cc(C)ccc2N[C@H]1c1ccccc1. The topological polar surface area (TPSA) is 38.3 Å². The van der Waals surface area contributed by atoms with Crippen molar-refractivity contribution < 1.29 is 9.53 Å². The van der Waals surface area contributed by atoms with Crippen LogP contribution in [0, 0.1) is 12.8 Å². The van der Waals surface area contributed by atoms with Crippen molar-refractivity contribution in [2.45, 2.75) is 18.9 Å². The van der Waals surface area contributed by atoms with Gasteiger partial charge in [-0.25, -0.2) is 0 Å². The molecule has 0 bridgehead atoms. The van der Waals surface area contributed by atoms with Gasteiger partial charge in [0.15, 0.2) is 0 Å². The number of hydrogen-bond acceptors (Lipinski definition) is 3. The highest BCUT2D eigenvalue weighted by molar-refractivity contribution is 6.30. The summed E-state index contributed by atoms with van der Waals surface area (Å²) in [7, 11) is 1.45. The minimum absolute atomic E-state index is 0.133. The Labute approximate surface area is 170 Å². The van der Waals surface area contributed by atoms with Gasteiger partial charge in [-0.3, -0.25) is 4.79 Å². The minimum atomic E-state index is -0.400. The maximum Gasteiger partial charge on any atom is 0.312 e. The number of hydrogen-bond donors (Lipinski definition) is 1. The van der Waals surface area contributed by atoms with Crippen molar-refractivity contribution in [3.63, 3.8) is 0 Å². The van der Waals surface area contributed by atoms with Crippen molar-refractivity contribution in [3.05, 3.63) is 100 Å². The highest BCUT2D eigenvalue weighted by Gasteiger charge is 2.43. The van der Waals surface area contributed by atoms with Crippen LogP contribution in [0.15, 0.2) is 72.8 Å². The maximum atomic E-state index is 13.0. The van der Waals surface area contributed by atoms with E-state index in [-0.39, 0.29) is 17.9 Å². The van der Waals surface area contributed by atoms with Gasteiger partial charge >= 0.3 is 5.97 Å². The summed E-state index contributed by atoms with van der Waals surface area (Å²) in [6.07, 6.45) is 0. The summed E-state index contributed by atoms with van der Waals surface area (Å²) in [4.78, 5) is 13.0. The summed E-state index contributed by atoms with van der Waals surface area (Å²) in [6.45, 7) is 2.07. The molecule has 3 aromatic rings. The maximum absolute atomic E-state index is 13.0. The Balaban J connectivity index is 1.93. The Bertz CT molecular complexity index is 985. The van der Waals surface area contributed by atoms with Crippen LogP contribution < -0.4 is 5.32 Å². The van der Waals surface area contributed by atoms with Crippen LogP contribution in [0.3, 0.4) is 0 Å². The average molecular weight is 392 g/mol. The molecule has 3 nitrogen and oxygen atoms in total. The van der Waals surface area contributed by atoms with E-state index >= 15 is 0 Å². The number of rotatable bonds is 3. The number of carbonyl (C=O) groups excluding carboxylic acids is 1. The molecule has 4 heteroatoms. The van der Waals surface area contributed by atoms with Crippen molar-refractivity contribution in [1.82, 2.24) is 0 Å². The van der Waals surface area contributed by atoms with Crippen molar-refractivity contribution in [2.24, 2.45) is 5.92 Å². The first-order valence-corrected chi connectivity index (χ1v) is 9.71. The lowest BCUT2D eigenvalue weighted by Crippen LogP contribution is -2.38. The van der Waals surface area contributed by atoms with Crippen molar-refractivity contribution in [3.8, 4) is 0 Å². The fraction of sp³-hybridized carbons (Fsp3) is 0.208. The van der Waals surface area contributed by atoms with E-state index in [1.54, 1.807) is 0 Å². The third kappa shape index (κ3) is 3.38. The highest BCUT2D eigenvalue weighted by atomic mass is 35.5. The molecule has 0 spiro atoms. The van der Waals surface area contributed by atoms with Gasteiger partial charge in [0.2, 0.25) is 0 Å². The van der Waals surface area contributed by atoms with E-state index in [0.717, 1.165) is 27.9 Å². The lowest BCUT2D eigenvalue weighted by Gasteiger charge is -2.40. The number of benzene rings is 3. The predicted octanol–water partition coefficient (Wildman–Crippen LogP) is 5.74. The van der Waals surface area contributed by atoms with E-state index in [4.69, 9.17) is 16.3 Å². The predicted molar refractivity (Wildman–Crippen MR) is 113 cm³/mol. The van der Waals surface area contributed by atoms with Crippen molar-refractivity contribution >= 4 is 23.3 Å². The molecule has 0 saturated carbocycles. The average Bonchev–Trinajstić information content (AvgIpc) is 2.73. The zero-order valence-corrected chi connectivity index (χ0v) is 16.6. The second-order valence-corrected chi connectivity index (χ2v) is 7.64. The van der Waals surface area contributed by atoms with Crippen LogP contribution in [0.25, 0.3) is 0 Å². The fourth-order valence-electron chi connectivity index (χ4n) is 4.13. The molecule has 1 aliphatic heterocycles. The Morgan fingerprint density at radius 2 is 1.68 bits per heavy atom. The smallest absolute Gasteiger partial charge is 0.312 e. The highest BCUT2D eigenvalue weighted by Crippen LogP contribution is 2.48. The van der Waals surface area contributed by atoms with Crippen LogP contribution in [-0.2, 0) is 9.53 Å². The molecule has 0 radical (unpaired) electrons. The molecule has 1 heterocycles. The van der Waals surface area contributed by atoms with Crippen LogP contribution in [0.2, 0.25) is 5.02 Å². The molecule has 4 rings (SSSR count). The molecule has 0 unspecified atom stereocenters. The van der Waals surface area contributed by atoms with Gasteiger partial charge in [-0.15, -0.1) is 0 Å². The Kier molecular flexibility index (Phi) is 5.10. The van der Waals surface area contributed by atoms with Gasteiger partial charge in [0.1, 0.15) is 0 Å². The van der Waals surface area contributed by atoms with Crippen molar-refractivity contribution in [2.75, 3.05) is 12.4 Å². The number of esters is 1. The summed E-state index contributed by atoms with van der Waals surface area (Å²) in [5, 5.41) is 4.27. The van der Waals surface area contributed by atoms with Crippen LogP contribution >= 0.6 is 11.6 Å². The van der Waals surface area contributed by atoms with Crippen LogP contribution in [0.1, 0.15) is 34.2 Å². The molecule has 0 aliphatic carbocycles. The largest absolute Gasteiger partial charge is 0.469 e. The van der Waals surface area contributed by atoms with Gasteiger partial charge in [0.25, 0.3) is 0 Å². The van der Waals surface area contributed by atoms with Crippen molar-refractivity contribution in [1.29, 1.82) is 0 Å². The van der Waals surface area contributed by atoms with Gasteiger partial charge < -0.3 is 10.1 Å². The molecular weight excluding hydrogens is 370 g/mol. The van der Waals surface area contributed by atoms with E-state index in [1.165, 1.54) is 7.11 Å². The third-order valence-electron chi connectivity index (χ3n) is 5.43. The minimum Gasteiger partial charge on any atom is -0.469 e. The molecule has 28 heavy (non-hydrogen) atoms. The first-order valence-electron chi connectivity index (χ1n) is 9.34. The summed E-state index contributed by atoms with van der Waals surface area (Å²) in [6, 6.07) is 24.0. The van der Waals surface area contributed by atoms with E-state index < -0.39 is 5.92 Å². The zero-order valence-electron chi connectivity index (χ0n) is 15.9. The van der Waals surface area contributed by atoms with E-state index in [0.29, 0.717) is 5.02 Å². The quantitative estimate of drug-likeness (QED) is 0.579. The Hall–Kier alpha value is -2.78. The number of carbonyl (C=O) groups is 1. The lowest BCUT2D eigenvalue weighted by molar-refractivity contribution is -0.146. The first-order chi connectivity index (χ1) is 13.6. The van der Waals surface area contributed by atoms with Crippen LogP contribution in [0.5, 0.6) is 0 Å². The molecule has 1 N–H and O–H groups in total. The number of nitrogens with one attached hydrogen (secondary N) is 1. The number of ether oxygens (including phenoxy) is 1. The van der Waals surface area contributed by atoms with Crippen LogP contribution in [-0.4, -0.2) is 13.1 Å². The van der Waals surface area contributed by atoms with Gasteiger partial charge in [-0.1, -0.05) is 71.8 Å². The monoisotopic (exact) mass is 391 g/mol. The first kappa shape index (κ1) is 18.6. The van der Waals surface area contributed by atoms with E-state index in [9.17, 15) is 4.79 Å². The normalized spacial score (nSPS) is 20.8. The zero-order chi connectivity index (χ0) is 19.7. The molecule has 3 aromatic carbocycles. The Morgan fingerprint density at radius 3 is 2.36 bits per heavy atom. The summed E-state index contributed by atoms with van der Waals surface area (Å²) >= 11 is 6.12. The summed E-state index contributed by atoms with van der Waals surface area (Å²) in [5.74, 6) is -0.762. The summed E-state index contributed by atoms with van der Waals surface area (Å²) < 4.78 is 5.26. The molecule has 0 amide bonds. The standard InChI is InChI=1S/C24H22ClNO2/c1-15-8-13-20-19(14-15)21(16-9-11-18(25)12-10-16)22(24(27)28-2)23(26-20)17-6-4-3-5-7-17/h3-14,21-23,26H,1-2H3/t21-,22+,23+/m1/s1. The lowest BCUT2D eigenvalue weighted by atomic mass is 9.71. The molecule has 0 aromatic heterocycles. The summed E-state index contributed by atoms with van der Waals surface area (Å²) in [5.41, 5.74) is 5.41. The van der Waals surface area contributed by atoms with E-state index in [2.05, 4.69) is 30.4 Å². The molecular formula is C24H22ClNO2. The fourth-order valence-corrected chi connectivity index (χ4v) is 4.26.